The van der Waals surface area contributed by atoms with Crippen LogP contribution >= 0.6 is 11.6 Å². The van der Waals surface area contributed by atoms with E-state index in [0.29, 0.717) is 16.3 Å². The molecule has 2 fully saturated rings. The summed E-state index contributed by atoms with van der Waals surface area (Å²) in [4.78, 5) is 24.8. The summed E-state index contributed by atoms with van der Waals surface area (Å²) in [7, 11) is -2.66. The van der Waals surface area contributed by atoms with Crippen LogP contribution in [-0.4, -0.2) is 50.3 Å². The van der Waals surface area contributed by atoms with Crippen molar-refractivity contribution in [1.82, 2.24) is 4.90 Å². The number of carbonyl (C=O) groups excluding carboxylic acids is 2. The van der Waals surface area contributed by atoms with Gasteiger partial charge in [-0.05, 0) is 49.4 Å². The fourth-order valence-corrected chi connectivity index (χ4v) is 6.08. The van der Waals surface area contributed by atoms with E-state index in [-0.39, 0.29) is 36.1 Å². The maximum absolute atomic E-state index is 13.4. The highest BCUT2D eigenvalue weighted by Gasteiger charge is 2.69. The molecule has 0 radical (unpaired) electrons. The van der Waals surface area contributed by atoms with E-state index < -0.39 is 20.5 Å². The molecular weight excluding hydrogens is 442 g/mol. The summed E-state index contributed by atoms with van der Waals surface area (Å²) in [5.74, 6) is -0.487. The van der Waals surface area contributed by atoms with Gasteiger partial charge >= 0.3 is 0 Å². The number of amides is 1. The molecule has 4 rings (SSSR count). The van der Waals surface area contributed by atoms with Crippen LogP contribution in [0.2, 0.25) is 5.02 Å². The van der Waals surface area contributed by atoms with Gasteiger partial charge in [-0.25, -0.2) is 8.42 Å². The lowest BCUT2D eigenvalue weighted by molar-refractivity contribution is -0.150. The molecule has 1 unspecified atom stereocenters. The van der Waals surface area contributed by atoms with Gasteiger partial charge in [0.05, 0.1) is 17.9 Å². The lowest BCUT2D eigenvalue weighted by Gasteiger charge is -2.44. The van der Waals surface area contributed by atoms with Crippen LogP contribution in [0.4, 0.5) is 0 Å². The Bertz CT molecular complexity index is 1210. The average Bonchev–Trinajstić information content (AvgIpc) is 2.96. The van der Waals surface area contributed by atoms with Crippen LogP contribution in [0.15, 0.2) is 52.9 Å². The molecule has 2 heterocycles. The zero-order valence-electron chi connectivity index (χ0n) is 16.9. The Balaban J connectivity index is 1.77. The number of ketones is 1. The largest absolute Gasteiger partial charge is 0.467 e. The van der Waals surface area contributed by atoms with Gasteiger partial charge in [0, 0.05) is 23.3 Å². The van der Waals surface area contributed by atoms with Crippen molar-refractivity contribution in [3.05, 3.63) is 64.2 Å². The Kier molecular flexibility index (Phi) is 5.41. The number of nitrogens with zero attached hydrogens (tertiary/aromatic N) is 1. The maximum atomic E-state index is 13.4. The van der Waals surface area contributed by atoms with Crippen molar-refractivity contribution in [2.24, 2.45) is 0 Å². The standard InChI is InChI=1S/C22H20ClNO6S/c1-14-3-8-19(30-13-29-2)15(9-14)10-16-12-24-20(25)11-22(24,21(16)26)31(27,28)18-6-4-17(23)5-7-18/h3-10H,11-13H2,1-2H3. The van der Waals surface area contributed by atoms with Gasteiger partial charge < -0.3 is 14.4 Å². The predicted molar refractivity (Wildman–Crippen MR) is 114 cm³/mol. The molecule has 162 valence electrons. The molecule has 7 nitrogen and oxygen atoms in total. The molecule has 0 N–H and O–H groups in total. The van der Waals surface area contributed by atoms with Crippen molar-refractivity contribution in [1.29, 1.82) is 0 Å². The number of fused-ring (bicyclic) bond motifs is 1. The van der Waals surface area contributed by atoms with Gasteiger partial charge in [-0.15, -0.1) is 0 Å². The van der Waals surface area contributed by atoms with Crippen molar-refractivity contribution < 1.29 is 27.5 Å². The minimum Gasteiger partial charge on any atom is -0.467 e. The Morgan fingerprint density at radius 3 is 2.52 bits per heavy atom. The van der Waals surface area contributed by atoms with Crippen LogP contribution < -0.4 is 4.74 Å². The monoisotopic (exact) mass is 461 g/mol. The lowest BCUT2D eigenvalue weighted by atomic mass is 9.98. The van der Waals surface area contributed by atoms with Gasteiger partial charge in [0.15, 0.2) is 6.79 Å². The first kappa shape index (κ1) is 21.5. The van der Waals surface area contributed by atoms with Gasteiger partial charge in [0.2, 0.25) is 26.4 Å². The molecule has 9 heteroatoms. The third-order valence-electron chi connectivity index (χ3n) is 5.50. The highest BCUT2D eigenvalue weighted by atomic mass is 35.5. The van der Waals surface area contributed by atoms with E-state index in [0.717, 1.165) is 10.5 Å². The fraction of sp³-hybridized carbons (Fsp3) is 0.273. The number of rotatable bonds is 6. The highest BCUT2D eigenvalue weighted by Crippen LogP contribution is 2.48. The Labute approximate surface area is 185 Å². The number of hydrogen-bond acceptors (Lipinski definition) is 6. The summed E-state index contributed by atoms with van der Waals surface area (Å²) in [6.07, 6.45) is 1.21. The number of ether oxygens (including phenoxy) is 2. The fourth-order valence-electron chi connectivity index (χ4n) is 3.92. The van der Waals surface area contributed by atoms with Crippen LogP contribution in [0.5, 0.6) is 5.75 Å². The molecule has 1 amide bonds. The molecule has 31 heavy (non-hydrogen) atoms. The molecule has 0 aromatic heterocycles. The zero-order chi connectivity index (χ0) is 22.4. The normalized spacial score (nSPS) is 21.9. The summed E-state index contributed by atoms with van der Waals surface area (Å²) in [6.45, 7) is 1.83. The molecule has 0 bridgehead atoms. The van der Waals surface area contributed by atoms with E-state index >= 15 is 0 Å². The van der Waals surface area contributed by atoms with E-state index in [1.54, 1.807) is 12.1 Å². The molecule has 0 aliphatic carbocycles. The van der Waals surface area contributed by atoms with Crippen molar-refractivity contribution in [3.63, 3.8) is 0 Å². The number of halogens is 1. The number of Topliss-reactive ketones (excluding diaryl/α,β-unsaturated/α-hetero) is 1. The van der Waals surface area contributed by atoms with Gasteiger partial charge in [0.1, 0.15) is 5.75 Å². The minimum atomic E-state index is -4.15. The molecule has 1 atom stereocenters. The number of carbonyl (C=O) groups is 2. The zero-order valence-corrected chi connectivity index (χ0v) is 18.5. The summed E-state index contributed by atoms with van der Waals surface area (Å²) < 4.78 is 37.3. The van der Waals surface area contributed by atoms with Crippen LogP contribution in [0.3, 0.4) is 0 Å². The van der Waals surface area contributed by atoms with Gasteiger partial charge in [0.25, 0.3) is 0 Å². The highest BCUT2D eigenvalue weighted by molar-refractivity contribution is 7.93. The SMILES string of the molecule is COCOc1ccc(C)cc1C=C1CN2C(=O)CC2(S(=O)(=O)c2ccc(Cl)cc2)C1=O. The number of methoxy groups -OCH3 is 1. The van der Waals surface area contributed by atoms with E-state index in [2.05, 4.69) is 0 Å². The van der Waals surface area contributed by atoms with E-state index in [1.807, 2.05) is 19.1 Å². The minimum absolute atomic E-state index is 0.0205. The predicted octanol–water partition coefficient (Wildman–Crippen LogP) is 3.00. The van der Waals surface area contributed by atoms with Crippen LogP contribution in [0, 0.1) is 6.92 Å². The molecule has 2 aromatic rings. The van der Waals surface area contributed by atoms with Crippen LogP contribution in [0.1, 0.15) is 17.5 Å². The number of β-lactam (4-membered cyclic amide) rings is 1. The third-order valence-corrected chi connectivity index (χ3v) is 8.08. The van der Waals surface area contributed by atoms with E-state index in [9.17, 15) is 18.0 Å². The van der Waals surface area contributed by atoms with Crippen LogP contribution in [-0.2, 0) is 24.2 Å². The first-order chi connectivity index (χ1) is 14.7. The van der Waals surface area contributed by atoms with Gasteiger partial charge in [-0.1, -0.05) is 23.2 Å². The molecule has 0 saturated carbocycles. The molecule has 2 aliphatic rings. The Hall–Kier alpha value is -2.68. The van der Waals surface area contributed by atoms with Crippen LogP contribution in [0.25, 0.3) is 6.08 Å². The third kappa shape index (κ3) is 3.35. The lowest BCUT2D eigenvalue weighted by Crippen LogP contribution is -2.67. The van der Waals surface area contributed by atoms with E-state index in [1.165, 1.54) is 31.4 Å². The maximum Gasteiger partial charge on any atom is 0.228 e. The van der Waals surface area contributed by atoms with Gasteiger partial charge in [-0.3, -0.25) is 9.59 Å². The first-order valence-electron chi connectivity index (χ1n) is 9.49. The summed E-state index contributed by atoms with van der Waals surface area (Å²) in [6, 6.07) is 11.0. The molecule has 2 saturated heterocycles. The second kappa shape index (κ2) is 7.78. The van der Waals surface area contributed by atoms with Gasteiger partial charge in [-0.2, -0.15) is 0 Å². The Morgan fingerprint density at radius 2 is 1.87 bits per heavy atom. The summed E-state index contributed by atoms with van der Waals surface area (Å²) >= 11 is 5.87. The number of sulfone groups is 1. The number of aryl methyl sites for hydroxylation is 1. The van der Waals surface area contributed by atoms with Crippen molar-refractivity contribution in [2.45, 2.75) is 23.1 Å². The topological polar surface area (TPSA) is 90.0 Å². The second-order valence-electron chi connectivity index (χ2n) is 7.49. The van der Waals surface area contributed by atoms with E-state index in [4.69, 9.17) is 21.1 Å². The smallest absolute Gasteiger partial charge is 0.228 e. The molecular formula is C22H20ClNO6S. The van der Waals surface area contributed by atoms with Crippen molar-refractivity contribution >= 4 is 39.2 Å². The summed E-state index contributed by atoms with van der Waals surface area (Å²) in [5.41, 5.74) is 1.77. The number of hydrogen-bond donors (Lipinski definition) is 0. The molecule has 2 aromatic carbocycles. The van der Waals surface area contributed by atoms with Crippen molar-refractivity contribution in [2.75, 3.05) is 20.4 Å². The molecule has 2 aliphatic heterocycles. The number of benzene rings is 2. The Morgan fingerprint density at radius 1 is 1.16 bits per heavy atom. The molecule has 0 spiro atoms. The summed E-state index contributed by atoms with van der Waals surface area (Å²) in [5, 5.41) is 0.374. The first-order valence-corrected chi connectivity index (χ1v) is 11.4. The second-order valence-corrected chi connectivity index (χ2v) is 10.1. The van der Waals surface area contributed by atoms with Crippen molar-refractivity contribution in [3.8, 4) is 5.75 Å². The quantitative estimate of drug-likeness (QED) is 0.373. The average molecular weight is 462 g/mol.